The third-order valence-corrected chi connectivity index (χ3v) is 0.167. The van der Waals surface area contributed by atoms with E-state index in [9.17, 15) is 0 Å². The van der Waals surface area contributed by atoms with Crippen molar-refractivity contribution in [2.75, 3.05) is 0 Å². The average molecular weight is 223 g/mol. The maximum absolute atomic E-state index is 8.93. The van der Waals surface area contributed by atoms with Crippen LogP contribution in [0.1, 0.15) is 0 Å². The summed E-state index contributed by atoms with van der Waals surface area (Å²) in [4.78, 5) is 17.9. The molecule has 0 N–H and O–H groups in total. The number of carbonyl (C=O) groups is 2. The first-order valence-corrected chi connectivity index (χ1v) is 1.07. The van der Waals surface area contributed by atoms with E-state index in [1.807, 2.05) is 0 Å². The quantitative estimate of drug-likeness (QED) is 0.302. The van der Waals surface area contributed by atoms with Crippen LogP contribution in [0, 0.1) is 0 Å². The van der Waals surface area contributed by atoms with Gasteiger partial charge in [0.15, 0.2) is 0 Å². The Bertz CT molecular complexity index is 82.6. The van der Waals surface area contributed by atoms with Gasteiger partial charge in [-0.15, -0.1) is 0 Å². The topological polar surface area (TPSA) is 80.3 Å². The van der Waals surface area contributed by atoms with Gasteiger partial charge in [0.05, 0.1) is 11.9 Å². The summed E-state index contributed by atoms with van der Waals surface area (Å²) in [7, 11) is 0. The molecule has 0 saturated heterocycles. The zero-order valence-corrected chi connectivity index (χ0v) is 10.9. The monoisotopic (exact) mass is 223 g/mol. The van der Waals surface area contributed by atoms with Gasteiger partial charge >= 0.3 is 94.8 Å². The Morgan fingerprint density at radius 2 is 1.00 bits per heavy atom. The average Bonchev–Trinajstić information content (AvgIpc) is 1.36. The van der Waals surface area contributed by atoms with Gasteiger partial charge in [0, 0.05) is 0 Å². The molecule has 0 amide bonds. The van der Waals surface area contributed by atoms with Crippen LogP contribution in [0.4, 0.5) is 0 Å². The Balaban J connectivity index is -0.0000000417. The van der Waals surface area contributed by atoms with Gasteiger partial charge in [-0.05, 0) is 0 Å². The smallest absolute Gasteiger partial charge is 0.543 e. The molecule has 34 valence electrons. The summed E-state index contributed by atoms with van der Waals surface area (Å²) >= 11 is 0. The van der Waals surface area contributed by atoms with Crippen molar-refractivity contribution >= 4 is 11.9 Å². The van der Waals surface area contributed by atoms with Crippen molar-refractivity contribution in [1.82, 2.24) is 0 Å². The van der Waals surface area contributed by atoms with E-state index in [4.69, 9.17) is 19.8 Å². The van der Waals surface area contributed by atoms with Gasteiger partial charge in [-0.3, -0.25) is 0 Å². The van der Waals surface area contributed by atoms with Crippen molar-refractivity contribution in [3.63, 3.8) is 0 Å². The van der Waals surface area contributed by atoms with E-state index >= 15 is 0 Å². The number of carbonyl (C=O) groups excluding carboxylic acids is 2. The molecule has 0 saturated carbocycles. The maximum Gasteiger partial charge on any atom is 4.00 e. The van der Waals surface area contributed by atoms with E-state index < -0.39 is 11.9 Å². The zero-order chi connectivity index (χ0) is 5.15. The molecule has 7 heteroatoms. The maximum atomic E-state index is 8.93. The van der Waals surface area contributed by atoms with Crippen LogP contribution < -0.4 is 61.6 Å². The van der Waals surface area contributed by atoms with Crippen LogP contribution in [0.25, 0.3) is 0 Å². The molecule has 0 aliphatic heterocycles. The molecule has 0 spiro atoms. The number of hydrogen-bond donors (Lipinski definition) is 0. The molecule has 0 aromatic rings. The molecule has 0 fully saturated rings. The van der Waals surface area contributed by atoms with Gasteiger partial charge in [-0.2, -0.15) is 0 Å². The molecule has 0 bridgehead atoms. The first-order valence-electron chi connectivity index (χ1n) is 1.07. The van der Waals surface area contributed by atoms with Crippen molar-refractivity contribution in [3.05, 3.63) is 0 Å². The molecule has 9 heavy (non-hydrogen) atoms. The molecular weight excluding hydrogens is 223 g/mol. The van der Waals surface area contributed by atoms with Crippen molar-refractivity contribution in [2.24, 2.45) is 0 Å². The fraction of sp³-hybridized carbons (Fsp3) is 0. The van der Waals surface area contributed by atoms with Crippen LogP contribution in [0.2, 0.25) is 0 Å². The van der Waals surface area contributed by atoms with Crippen LogP contribution >= 0.6 is 0 Å². The van der Waals surface area contributed by atoms with E-state index in [-0.39, 0.29) is 94.8 Å². The molecule has 0 aliphatic rings. The molecule has 0 aromatic carbocycles. The minimum atomic E-state index is -2.19. The van der Waals surface area contributed by atoms with Gasteiger partial charge in [-0.25, -0.2) is 0 Å². The van der Waals surface area contributed by atoms with E-state index in [1.54, 1.807) is 0 Å². The van der Waals surface area contributed by atoms with Gasteiger partial charge in [0.2, 0.25) is 0 Å². The molecule has 0 atom stereocenters. The summed E-state index contributed by atoms with van der Waals surface area (Å²) < 4.78 is 0. The number of carboxylic acids is 2. The Morgan fingerprint density at radius 1 is 0.889 bits per heavy atom. The standard InChI is InChI=1S/C2H2O4.K.2Ti/c3-1(4)2(5)6;;;/h(H,3,4)(H,5,6);;;/q;+1;2*+4/p-2. The molecule has 0 unspecified atom stereocenters. The second kappa shape index (κ2) is 12.7. The van der Waals surface area contributed by atoms with Crippen molar-refractivity contribution in [1.29, 1.82) is 0 Å². The normalized spacial score (nSPS) is 4.89. The van der Waals surface area contributed by atoms with Crippen LogP contribution in [0.3, 0.4) is 0 Å². The predicted molar refractivity (Wildman–Crippen MR) is 10.0 cm³/mol. The summed E-state index contributed by atoms with van der Waals surface area (Å²) in [5.74, 6) is -4.37. The van der Waals surface area contributed by atoms with Crippen LogP contribution in [0.15, 0.2) is 0 Å². The van der Waals surface area contributed by atoms with Gasteiger partial charge in [-0.1, -0.05) is 0 Å². The molecule has 0 aliphatic carbocycles. The third kappa shape index (κ3) is 17.8. The largest absolute Gasteiger partial charge is 4.00 e. The van der Waals surface area contributed by atoms with Gasteiger partial charge < -0.3 is 19.8 Å². The fourth-order valence-corrected chi connectivity index (χ4v) is 0. The Morgan fingerprint density at radius 3 is 1.00 bits per heavy atom. The van der Waals surface area contributed by atoms with E-state index in [1.165, 1.54) is 0 Å². The minimum Gasteiger partial charge on any atom is -0.543 e. The summed E-state index contributed by atoms with van der Waals surface area (Å²) in [6.45, 7) is 0. The molecule has 4 nitrogen and oxygen atoms in total. The van der Waals surface area contributed by atoms with Gasteiger partial charge in [0.1, 0.15) is 0 Å². The van der Waals surface area contributed by atoms with Crippen molar-refractivity contribution < 1.29 is 115 Å². The van der Waals surface area contributed by atoms with E-state index in [0.29, 0.717) is 0 Å². The Kier molecular flexibility index (Phi) is 31.6. The molecular formula is C2KO4Ti2+7. The summed E-state index contributed by atoms with van der Waals surface area (Å²) in [5, 5.41) is 17.9. The van der Waals surface area contributed by atoms with Crippen LogP contribution in [-0.2, 0) is 53.0 Å². The van der Waals surface area contributed by atoms with Crippen molar-refractivity contribution in [3.8, 4) is 0 Å². The third-order valence-electron chi connectivity index (χ3n) is 0.167. The van der Waals surface area contributed by atoms with E-state index in [0.717, 1.165) is 0 Å². The SMILES string of the molecule is O=C([O-])C(=O)[O-].[K+].[Ti+4].[Ti+4]. The molecule has 0 aromatic heterocycles. The predicted octanol–water partition coefficient (Wildman–Crippen LogP) is -6.51. The summed E-state index contributed by atoms with van der Waals surface area (Å²) in [6, 6.07) is 0. The molecule has 0 rings (SSSR count). The first kappa shape index (κ1) is 22.4. The zero-order valence-electron chi connectivity index (χ0n) is 4.63. The number of aliphatic carboxylic acids is 2. The first-order chi connectivity index (χ1) is 2.64. The Labute approximate surface area is 124 Å². The molecule has 0 radical (unpaired) electrons. The van der Waals surface area contributed by atoms with Crippen molar-refractivity contribution in [2.45, 2.75) is 0 Å². The second-order valence-corrected chi connectivity index (χ2v) is 0.575. The number of hydrogen-bond acceptors (Lipinski definition) is 4. The molecule has 0 heterocycles. The number of carboxylic acid groups (broad SMARTS) is 2. The second-order valence-electron chi connectivity index (χ2n) is 0.575. The van der Waals surface area contributed by atoms with Gasteiger partial charge in [0.25, 0.3) is 0 Å². The summed E-state index contributed by atoms with van der Waals surface area (Å²) in [6.07, 6.45) is 0. The summed E-state index contributed by atoms with van der Waals surface area (Å²) in [5.41, 5.74) is 0. The van der Waals surface area contributed by atoms with E-state index in [2.05, 4.69) is 0 Å². The van der Waals surface area contributed by atoms with Crippen LogP contribution in [-0.4, -0.2) is 11.9 Å². The van der Waals surface area contributed by atoms with Crippen LogP contribution in [0.5, 0.6) is 0 Å². The fourth-order valence-electron chi connectivity index (χ4n) is 0. The Hall–Kier alpha value is 2.00. The minimum absolute atomic E-state index is 0. The number of rotatable bonds is 0.